The number of H-pyrrole nitrogens is 1. The fourth-order valence-corrected chi connectivity index (χ4v) is 1.65. The SMILES string of the molecule is Cc1[nH]c(-c2ccc(C(=O)O)c(O)c2)nc1CO. The topological polar surface area (TPSA) is 106 Å². The number of hydrogen-bond acceptors (Lipinski definition) is 4. The highest BCUT2D eigenvalue weighted by atomic mass is 16.4. The summed E-state index contributed by atoms with van der Waals surface area (Å²) in [7, 11) is 0. The number of imidazole rings is 1. The molecule has 0 saturated carbocycles. The molecular weight excluding hydrogens is 236 g/mol. The number of aromatic amines is 1. The molecule has 6 nitrogen and oxygen atoms in total. The number of aromatic carboxylic acids is 1. The van der Waals surface area contributed by atoms with Crippen LogP contribution in [-0.2, 0) is 6.61 Å². The number of aromatic hydroxyl groups is 1. The average Bonchev–Trinajstić information content (AvgIpc) is 2.70. The quantitative estimate of drug-likeness (QED) is 0.654. The number of hydrogen-bond donors (Lipinski definition) is 4. The first-order valence-corrected chi connectivity index (χ1v) is 5.26. The lowest BCUT2D eigenvalue weighted by molar-refractivity contribution is 0.0694. The van der Waals surface area contributed by atoms with Crippen LogP contribution in [-0.4, -0.2) is 31.3 Å². The summed E-state index contributed by atoms with van der Waals surface area (Å²) in [5.74, 6) is -1.03. The van der Waals surface area contributed by atoms with Gasteiger partial charge in [-0.2, -0.15) is 0 Å². The Balaban J connectivity index is 2.45. The second-order valence-corrected chi connectivity index (χ2v) is 3.85. The van der Waals surface area contributed by atoms with Gasteiger partial charge in [0.2, 0.25) is 0 Å². The second-order valence-electron chi connectivity index (χ2n) is 3.85. The van der Waals surface area contributed by atoms with Gasteiger partial charge in [-0.05, 0) is 19.1 Å². The van der Waals surface area contributed by atoms with Gasteiger partial charge < -0.3 is 20.3 Å². The summed E-state index contributed by atoms with van der Waals surface area (Å²) in [5.41, 5.74) is 1.64. The normalized spacial score (nSPS) is 10.6. The van der Waals surface area contributed by atoms with Crippen LogP contribution in [0.25, 0.3) is 11.4 Å². The molecule has 0 bridgehead atoms. The van der Waals surface area contributed by atoms with Gasteiger partial charge in [-0.3, -0.25) is 0 Å². The van der Waals surface area contributed by atoms with Gasteiger partial charge in [0.15, 0.2) is 0 Å². The van der Waals surface area contributed by atoms with E-state index in [1.165, 1.54) is 12.1 Å². The summed E-state index contributed by atoms with van der Waals surface area (Å²) < 4.78 is 0. The molecule has 0 aliphatic carbocycles. The van der Waals surface area contributed by atoms with Gasteiger partial charge in [-0.15, -0.1) is 0 Å². The highest BCUT2D eigenvalue weighted by molar-refractivity contribution is 5.91. The van der Waals surface area contributed by atoms with E-state index in [1.54, 1.807) is 13.0 Å². The number of aliphatic hydroxyl groups excluding tert-OH is 1. The van der Waals surface area contributed by atoms with Crippen LogP contribution in [0.15, 0.2) is 18.2 Å². The molecule has 94 valence electrons. The molecule has 0 saturated heterocycles. The molecule has 0 aliphatic rings. The van der Waals surface area contributed by atoms with Crippen molar-refractivity contribution in [2.45, 2.75) is 13.5 Å². The minimum absolute atomic E-state index is 0.163. The van der Waals surface area contributed by atoms with Crippen molar-refractivity contribution in [2.24, 2.45) is 0 Å². The number of aryl methyl sites for hydroxylation is 1. The van der Waals surface area contributed by atoms with Gasteiger partial charge in [0.05, 0.1) is 12.3 Å². The van der Waals surface area contributed by atoms with E-state index < -0.39 is 5.97 Å². The van der Waals surface area contributed by atoms with Gasteiger partial charge in [0.1, 0.15) is 17.1 Å². The van der Waals surface area contributed by atoms with Crippen LogP contribution in [0, 0.1) is 6.92 Å². The number of rotatable bonds is 3. The van der Waals surface area contributed by atoms with E-state index in [2.05, 4.69) is 9.97 Å². The highest BCUT2D eigenvalue weighted by Gasteiger charge is 2.13. The third kappa shape index (κ3) is 2.05. The van der Waals surface area contributed by atoms with Crippen molar-refractivity contribution < 1.29 is 20.1 Å². The number of phenols is 1. The maximum atomic E-state index is 10.8. The van der Waals surface area contributed by atoms with Crippen LogP contribution >= 0.6 is 0 Å². The average molecular weight is 248 g/mol. The summed E-state index contributed by atoms with van der Waals surface area (Å²) in [6.07, 6.45) is 0. The standard InChI is InChI=1S/C12H12N2O4/c1-6-9(5-15)14-11(13-6)7-2-3-8(12(17)18)10(16)4-7/h2-4,15-16H,5H2,1H3,(H,13,14)(H,17,18). The summed E-state index contributed by atoms with van der Waals surface area (Å²) in [6.45, 7) is 1.59. The monoisotopic (exact) mass is 248 g/mol. The van der Waals surface area contributed by atoms with E-state index in [0.717, 1.165) is 5.69 Å². The Labute approximate surface area is 103 Å². The zero-order valence-electron chi connectivity index (χ0n) is 9.64. The molecule has 2 rings (SSSR count). The fraction of sp³-hybridized carbons (Fsp3) is 0.167. The summed E-state index contributed by atoms with van der Waals surface area (Å²) >= 11 is 0. The van der Waals surface area contributed by atoms with Crippen LogP contribution < -0.4 is 0 Å². The fourth-order valence-electron chi connectivity index (χ4n) is 1.65. The maximum absolute atomic E-state index is 10.8. The Morgan fingerprint density at radius 3 is 2.67 bits per heavy atom. The molecule has 0 fully saturated rings. The van der Waals surface area contributed by atoms with Gasteiger partial charge in [-0.25, -0.2) is 9.78 Å². The molecule has 18 heavy (non-hydrogen) atoms. The predicted molar refractivity (Wildman–Crippen MR) is 63.3 cm³/mol. The first-order chi connectivity index (χ1) is 8.52. The van der Waals surface area contributed by atoms with Crippen LogP contribution in [0.2, 0.25) is 0 Å². The minimum atomic E-state index is -1.19. The highest BCUT2D eigenvalue weighted by Crippen LogP contribution is 2.25. The predicted octanol–water partition coefficient (Wildman–Crippen LogP) is 1.28. The van der Waals surface area contributed by atoms with E-state index in [1.807, 2.05) is 0 Å². The van der Waals surface area contributed by atoms with Crippen molar-refractivity contribution in [1.29, 1.82) is 0 Å². The van der Waals surface area contributed by atoms with E-state index in [9.17, 15) is 9.90 Å². The molecule has 0 radical (unpaired) electrons. The molecule has 0 amide bonds. The van der Waals surface area contributed by atoms with Crippen LogP contribution in [0.4, 0.5) is 0 Å². The van der Waals surface area contributed by atoms with Gasteiger partial charge in [0, 0.05) is 11.3 Å². The van der Waals surface area contributed by atoms with Crippen LogP contribution in [0.3, 0.4) is 0 Å². The van der Waals surface area contributed by atoms with Gasteiger partial charge in [-0.1, -0.05) is 6.07 Å². The lowest BCUT2D eigenvalue weighted by Gasteiger charge is -2.01. The Morgan fingerprint density at radius 2 is 2.17 bits per heavy atom. The van der Waals surface area contributed by atoms with Gasteiger partial charge >= 0.3 is 5.97 Å². The second kappa shape index (κ2) is 4.50. The van der Waals surface area contributed by atoms with Gasteiger partial charge in [0.25, 0.3) is 0 Å². The molecule has 2 aromatic rings. The minimum Gasteiger partial charge on any atom is -0.507 e. The lowest BCUT2D eigenvalue weighted by Crippen LogP contribution is -1.96. The molecule has 0 spiro atoms. The smallest absolute Gasteiger partial charge is 0.339 e. The largest absolute Gasteiger partial charge is 0.507 e. The Bertz CT molecular complexity index is 604. The number of carboxylic acid groups (broad SMARTS) is 1. The number of aromatic nitrogens is 2. The molecule has 0 aliphatic heterocycles. The van der Waals surface area contributed by atoms with Crippen molar-refractivity contribution in [2.75, 3.05) is 0 Å². The first kappa shape index (κ1) is 12.1. The first-order valence-electron chi connectivity index (χ1n) is 5.26. The summed E-state index contributed by atoms with van der Waals surface area (Å²) in [4.78, 5) is 17.9. The zero-order chi connectivity index (χ0) is 13.3. The van der Waals surface area contributed by atoms with Crippen molar-refractivity contribution in [1.82, 2.24) is 9.97 Å². The third-order valence-electron chi connectivity index (χ3n) is 2.64. The van der Waals surface area contributed by atoms with Crippen LogP contribution in [0.1, 0.15) is 21.7 Å². The van der Waals surface area contributed by atoms with Crippen molar-refractivity contribution in [3.05, 3.63) is 35.2 Å². The van der Waals surface area contributed by atoms with Crippen LogP contribution in [0.5, 0.6) is 5.75 Å². The molecule has 1 heterocycles. The van der Waals surface area contributed by atoms with E-state index in [0.29, 0.717) is 17.1 Å². The van der Waals surface area contributed by atoms with Crippen molar-refractivity contribution >= 4 is 5.97 Å². The molecule has 4 N–H and O–H groups in total. The molecule has 0 unspecified atom stereocenters. The van der Waals surface area contributed by atoms with Crippen molar-refractivity contribution in [3.8, 4) is 17.1 Å². The Morgan fingerprint density at radius 1 is 1.44 bits per heavy atom. The Hall–Kier alpha value is -2.34. The maximum Gasteiger partial charge on any atom is 0.339 e. The lowest BCUT2D eigenvalue weighted by atomic mass is 10.1. The number of nitrogens with one attached hydrogen (secondary N) is 1. The molecule has 1 aromatic heterocycles. The van der Waals surface area contributed by atoms with E-state index in [-0.39, 0.29) is 17.9 Å². The van der Waals surface area contributed by atoms with E-state index >= 15 is 0 Å². The number of nitrogens with zero attached hydrogens (tertiary/aromatic N) is 1. The third-order valence-corrected chi connectivity index (χ3v) is 2.64. The zero-order valence-corrected chi connectivity index (χ0v) is 9.64. The summed E-state index contributed by atoms with van der Waals surface area (Å²) in [6, 6.07) is 4.18. The molecule has 0 atom stereocenters. The van der Waals surface area contributed by atoms with Crippen molar-refractivity contribution in [3.63, 3.8) is 0 Å². The Kier molecular flexibility index (Phi) is 3.03. The summed E-state index contributed by atoms with van der Waals surface area (Å²) in [5, 5.41) is 27.4. The number of benzene rings is 1. The van der Waals surface area contributed by atoms with E-state index in [4.69, 9.17) is 10.2 Å². The molecule has 1 aromatic carbocycles. The number of aliphatic hydroxyl groups is 1. The number of carbonyl (C=O) groups is 1. The number of carboxylic acids is 1. The molecule has 6 heteroatoms. The molecular formula is C12H12N2O4.